The molecule has 0 aromatic heterocycles. The summed E-state index contributed by atoms with van der Waals surface area (Å²) in [7, 11) is 0. The van der Waals surface area contributed by atoms with Gasteiger partial charge in [0.25, 0.3) is 0 Å². The fourth-order valence-electron chi connectivity index (χ4n) is 2.87. The van der Waals surface area contributed by atoms with Crippen LogP contribution in [0.1, 0.15) is 18.4 Å². The first kappa shape index (κ1) is 13.1. The first-order valence-electron chi connectivity index (χ1n) is 7.21. The normalized spacial score (nSPS) is 21.8. The van der Waals surface area contributed by atoms with Crippen LogP contribution < -0.4 is 5.32 Å². The van der Waals surface area contributed by atoms with Gasteiger partial charge in [-0.05, 0) is 36.0 Å². The van der Waals surface area contributed by atoms with E-state index in [1.54, 1.807) is 0 Å². The largest absolute Gasteiger partial charge is 0.305 e. The lowest BCUT2D eigenvalue weighted by Crippen LogP contribution is -2.31. The van der Waals surface area contributed by atoms with E-state index in [0.29, 0.717) is 6.04 Å². The van der Waals surface area contributed by atoms with Gasteiger partial charge in [0.15, 0.2) is 0 Å². The maximum absolute atomic E-state index is 10.7. The van der Waals surface area contributed by atoms with E-state index in [4.69, 9.17) is 0 Å². The quantitative estimate of drug-likeness (QED) is 0.860. The highest BCUT2D eigenvalue weighted by atomic mass is 16.1. The minimum Gasteiger partial charge on any atom is -0.305 e. The lowest BCUT2D eigenvalue weighted by molar-refractivity contribution is -0.109. The summed E-state index contributed by atoms with van der Waals surface area (Å²) in [6.45, 7) is 0. The molecule has 2 atom stereocenters. The topological polar surface area (TPSA) is 29.1 Å². The summed E-state index contributed by atoms with van der Waals surface area (Å²) >= 11 is 0. The van der Waals surface area contributed by atoms with Crippen molar-refractivity contribution in [2.75, 3.05) is 0 Å². The second kappa shape index (κ2) is 6.02. The van der Waals surface area contributed by atoms with Crippen LogP contribution in [0.3, 0.4) is 0 Å². The molecular weight excluding hydrogens is 246 g/mol. The molecule has 1 N–H and O–H groups in total. The smallest absolute Gasteiger partial charge is 0.136 e. The molecule has 1 heterocycles. The number of hydrogen-bond donors (Lipinski definition) is 1. The molecule has 0 saturated carbocycles. The summed E-state index contributed by atoms with van der Waals surface area (Å²) in [5, 5.41) is 3.37. The summed E-state index contributed by atoms with van der Waals surface area (Å²) in [5.74, 6) is 0. The Morgan fingerprint density at radius 3 is 2.30 bits per heavy atom. The minimum atomic E-state index is 0.0589. The average Bonchev–Trinajstić information content (AvgIpc) is 2.97. The Morgan fingerprint density at radius 2 is 1.65 bits per heavy atom. The number of benzene rings is 2. The lowest BCUT2D eigenvalue weighted by atomic mass is 10.0. The standard InChI is InChI=1S/C18H19NO/c20-13-18-11-10-17(19-18)12-14-6-8-16(9-7-14)15-4-2-1-3-5-15/h1-9,13,17-19H,10-12H2/t17-,18?/m0/s1. The molecule has 1 aliphatic heterocycles. The molecule has 2 nitrogen and oxygen atoms in total. The predicted molar refractivity (Wildman–Crippen MR) is 81.6 cm³/mol. The molecule has 2 aromatic carbocycles. The third-order valence-electron chi connectivity index (χ3n) is 3.98. The summed E-state index contributed by atoms with van der Waals surface area (Å²) in [6, 6.07) is 19.6. The van der Waals surface area contributed by atoms with Crippen LogP contribution in [0, 0.1) is 0 Å². The van der Waals surface area contributed by atoms with Crippen molar-refractivity contribution in [3.8, 4) is 11.1 Å². The van der Waals surface area contributed by atoms with E-state index in [-0.39, 0.29) is 6.04 Å². The van der Waals surface area contributed by atoms with Crippen molar-refractivity contribution in [1.29, 1.82) is 0 Å². The highest BCUT2D eigenvalue weighted by Gasteiger charge is 2.22. The summed E-state index contributed by atoms with van der Waals surface area (Å²) < 4.78 is 0. The van der Waals surface area contributed by atoms with E-state index < -0.39 is 0 Å². The van der Waals surface area contributed by atoms with E-state index in [1.165, 1.54) is 16.7 Å². The molecule has 2 heteroatoms. The molecule has 102 valence electrons. The Hall–Kier alpha value is -1.93. The van der Waals surface area contributed by atoms with Gasteiger partial charge in [0.1, 0.15) is 6.29 Å². The lowest BCUT2D eigenvalue weighted by Gasteiger charge is -2.11. The third-order valence-corrected chi connectivity index (χ3v) is 3.98. The highest BCUT2D eigenvalue weighted by molar-refractivity contribution is 5.63. The Balaban J connectivity index is 1.66. The van der Waals surface area contributed by atoms with E-state index in [1.807, 2.05) is 6.07 Å². The van der Waals surface area contributed by atoms with Crippen molar-refractivity contribution in [1.82, 2.24) is 5.32 Å². The molecule has 2 aromatic rings. The third kappa shape index (κ3) is 2.97. The molecule has 20 heavy (non-hydrogen) atoms. The van der Waals surface area contributed by atoms with Gasteiger partial charge < -0.3 is 10.1 Å². The van der Waals surface area contributed by atoms with Crippen molar-refractivity contribution < 1.29 is 4.79 Å². The fourth-order valence-corrected chi connectivity index (χ4v) is 2.87. The molecule has 0 aliphatic carbocycles. The number of rotatable bonds is 4. The molecule has 1 unspecified atom stereocenters. The zero-order chi connectivity index (χ0) is 13.8. The zero-order valence-electron chi connectivity index (χ0n) is 11.5. The van der Waals surface area contributed by atoms with Crippen LogP contribution in [0.5, 0.6) is 0 Å². The molecule has 1 saturated heterocycles. The number of nitrogens with one attached hydrogen (secondary N) is 1. The van der Waals surface area contributed by atoms with Crippen LogP contribution in [-0.2, 0) is 11.2 Å². The van der Waals surface area contributed by atoms with Gasteiger partial charge in [-0.15, -0.1) is 0 Å². The SMILES string of the molecule is O=CC1CC[C@@H](Cc2ccc(-c3ccccc3)cc2)N1. The maximum Gasteiger partial charge on any atom is 0.136 e. The molecular formula is C18H19NO. The predicted octanol–water partition coefficient (Wildman–Crippen LogP) is 3.22. The number of carbonyl (C=O) groups excluding carboxylic acids is 1. The number of aldehydes is 1. The van der Waals surface area contributed by atoms with Gasteiger partial charge in [0.05, 0.1) is 6.04 Å². The van der Waals surface area contributed by atoms with E-state index in [0.717, 1.165) is 25.5 Å². The maximum atomic E-state index is 10.7. The average molecular weight is 265 g/mol. The summed E-state index contributed by atoms with van der Waals surface area (Å²) in [4.78, 5) is 10.7. The van der Waals surface area contributed by atoms with Crippen LogP contribution in [-0.4, -0.2) is 18.4 Å². The second-order valence-corrected chi connectivity index (χ2v) is 5.45. The highest BCUT2D eigenvalue weighted by Crippen LogP contribution is 2.21. The Morgan fingerprint density at radius 1 is 0.950 bits per heavy atom. The van der Waals surface area contributed by atoms with Gasteiger partial charge in [0.2, 0.25) is 0 Å². The number of hydrogen-bond acceptors (Lipinski definition) is 2. The first-order valence-corrected chi connectivity index (χ1v) is 7.21. The second-order valence-electron chi connectivity index (χ2n) is 5.45. The van der Waals surface area contributed by atoms with Gasteiger partial charge >= 0.3 is 0 Å². The van der Waals surface area contributed by atoms with Gasteiger partial charge in [-0.1, -0.05) is 54.6 Å². The van der Waals surface area contributed by atoms with Crippen LogP contribution in [0.25, 0.3) is 11.1 Å². The Bertz CT molecular complexity index is 562. The minimum absolute atomic E-state index is 0.0589. The molecule has 0 amide bonds. The van der Waals surface area contributed by atoms with Crippen LogP contribution in [0.4, 0.5) is 0 Å². The summed E-state index contributed by atoms with van der Waals surface area (Å²) in [5.41, 5.74) is 3.83. The monoisotopic (exact) mass is 265 g/mol. The Labute approximate surface area is 119 Å². The molecule has 1 fully saturated rings. The van der Waals surface area contributed by atoms with Crippen molar-refractivity contribution in [2.45, 2.75) is 31.3 Å². The fraction of sp³-hybridized carbons (Fsp3) is 0.278. The van der Waals surface area contributed by atoms with Gasteiger partial charge in [-0.25, -0.2) is 0 Å². The molecule has 0 spiro atoms. The van der Waals surface area contributed by atoms with E-state index in [2.05, 4.69) is 53.8 Å². The van der Waals surface area contributed by atoms with Gasteiger partial charge in [0, 0.05) is 6.04 Å². The summed E-state index contributed by atoms with van der Waals surface area (Å²) in [6.07, 6.45) is 4.08. The molecule has 3 rings (SSSR count). The molecule has 1 aliphatic rings. The van der Waals surface area contributed by atoms with Gasteiger partial charge in [-0.3, -0.25) is 0 Å². The Kier molecular flexibility index (Phi) is 3.93. The van der Waals surface area contributed by atoms with Crippen LogP contribution in [0.2, 0.25) is 0 Å². The van der Waals surface area contributed by atoms with Crippen molar-refractivity contribution in [3.05, 3.63) is 60.2 Å². The van der Waals surface area contributed by atoms with Crippen molar-refractivity contribution >= 4 is 6.29 Å². The van der Waals surface area contributed by atoms with Crippen molar-refractivity contribution in [2.24, 2.45) is 0 Å². The first-order chi connectivity index (χ1) is 9.85. The molecule has 0 bridgehead atoms. The van der Waals surface area contributed by atoms with E-state index in [9.17, 15) is 4.79 Å². The van der Waals surface area contributed by atoms with Crippen LogP contribution in [0.15, 0.2) is 54.6 Å². The van der Waals surface area contributed by atoms with E-state index >= 15 is 0 Å². The van der Waals surface area contributed by atoms with Gasteiger partial charge in [-0.2, -0.15) is 0 Å². The number of carbonyl (C=O) groups is 1. The zero-order valence-corrected chi connectivity index (χ0v) is 11.5. The van der Waals surface area contributed by atoms with Crippen molar-refractivity contribution in [3.63, 3.8) is 0 Å². The molecule has 0 radical (unpaired) electrons. The van der Waals surface area contributed by atoms with Crippen LogP contribution >= 0.6 is 0 Å².